The van der Waals surface area contributed by atoms with Crippen LogP contribution in [0.3, 0.4) is 0 Å². The lowest BCUT2D eigenvalue weighted by atomic mass is 10.0. The quantitative estimate of drug-likeness (QED) is 0.0330. The summed E-state index contributed by atoms with van der Waals surface area (Å²) in [6.45, 7) is 6.42. The summed E-state index contributed by atoms with van der Waals surface area (Å²) < 4.78 is 5.86. The number of carbonyl (C=O) groups is 2. The standard InChI is InChI=1S/C46H89NO5/c1-4-7-10-13-16-18-20-22-23-24-26-29-32-35-38-44(49)43(41-48)47-45(50)40-42(37-34-31-28-15-12-9-6-3)52-46(51)39-36-33-30-27-25-21-19-17-14-11-8-5-2/h17,19,42-44,48-49H,4-16,18,20-41H2,1-3H3,(H,47,50)/b19-17-. The van der Waals surface area contributed by atoms with E-state index in [1.54, 1.807) is 0 Å². The summed E-state index contributed by atoms with van der Waals surface area (Å²) in [7, 11) is 0. The Morgan fingerprint density at radius 3 is 1.40 bits per heavy atom. The fourth-order valence-electron chi connectivity index (χ4n) is 7.07. The van der Waals surface area contributed by atoms with Gasteiger partial charge in [0.2, 0.25) is 5.91 Å². The van der Waals surface area contributed by atoms with Crippen molar-refractivity contribution in [2.75, 3.05) is 6.61 Å². The molecule has 6 heteroatoms. The molecule has 0 aromatic heterocycles. The first kappa shape index (κ1) is 50.6. The Hall–Kier alpha value is -1.40. The fraction of sp³-hybridized carbons (Fsp3) is 0.913. The molecule has 0 rings (SSSR count). The molecule has 0 bridgehead atoms. The molecule has 0 saturated carbocycles. The fourth-order valence-corrected chi connectivity index (χ4v) is 7.07. The van der Waals surface area contributed by atoms with Crippen molar-refractivity contribution in [1.82, 2.24) is 5.32 Å². The van der Waals surface area contributed by atoms with Gasteiger partial charge in [-0.15, -0.1) is 0 Å². The van der Waals surface area contributed by atoms with Crippen LogP contribution in [0.15, 0.2) is 12.2 Å². The minimum Gasteiger partial charge on any atom is -0.462 e. The summed E-state index contributed by atoms with van der Waals surface area (Å²) in [5.41, 5.74) is 0. The monoisotopic (exact) mass is 736 g/mol. The molecule has 0 saturated heterocycles. The third-order valence-electron chi connectivity index (χ3n) is 10.6. The zero-order valence-corrected chi connectivity index (χ0v) is 35.0. The molecule has 0 heterocycles. The smallest absolute Gasteiger partial charge is 0.306 e. The molecule has 0 aromatic carbocycles. The Labute approximate surface area is 323 Å². The Kier molecular flexibility index (Phi) is 39.7. The second-order valence-electron chi connectivity index (χ2n) is 15.8. The molecule has 3 atom stereocenters. The van der Waals surface area contributed by atoms with Crippen LogP contribution >= 0.6 is 0 Å². The molecule has 0 radical (unpaired) electrons. The maximum Gasteiger partial charge on any atom is 0.306 e. The van der Waals surface area contributed by atoms with Crippen molar-refractivity contribution in [3.63, 3.8) is 0 Å². The largest absolute Gasteiger partial charge is 0.462 e. The predicted octanol–water partition coefficient (Wildman–Crippen LogP) is 13.0. The highest BCUT2D eigenvalue weighted by molar-refractivity contribution is 5.77. The van der Waals surface area contributed by atoms with Gasteiger partial charge < -0.3 is 20.3 Å². The number of esters is 1. The molecule has 0 fully saturated rings. The lowest BCUT2D eigenvalue weighted by molar-refractivity contribution is -0.151. The Balaban J connectivity index is 4.41. The second-order valence-corrected chi connectivity index (χ2v) is 15.8. The zero-order chi connectivity index (χ0) is 38.2. The molecule has 0 aliphatic heterocycles. The third-order valence-corrected chi connectivity index (χ3v) is 10.6. The van der Waals surface area contributed by atoms with E-state index in [-0.39, 0.29) is 24.9 Å². The van der Waals surface area contributed by atoms with Gasteiger partial charge >= 0.3 is 5.97 Å². The molecular weight excluding hydrogens is 647 g/mol. The van der Waals surface area contributed by atoms with E-state index < -0.39 is 18.2 Å². The van der Waals surface area contributed by atoms with Crippen LogP contribution in [0.5, 0.6) is 0 Å². The lowest BCUT2D eigenvalue weighted by Crippen LogP contribution is -2.46. The predicted molar refractivity (Wildman–Crippen MR) is 223 cm³/mol. The molecule has 1 amide bonds. The zero-order valence-electron chi connectivity index (χ0n) is 35.0. The van der Waals surface area contributed by atoms with Gasteiger partial charge in [0, 0.05) is 6.42 Å². The summed E-state index contributed by atoms with van der Waals surface area (Å²) in [6, 6.07) is -0.694. The number of aliphatic hydroxyl groups is 2. The number of allylic oxidation sites excluding steroid dienone is 2. The number of hydrogen-bond acceptors (Lipinski definition) is 5. The van der Waals surface area contributed by atoms with E-state index in [0.29, 0.717) is 19.3 Å². The highest BCUT2D eigenvalue weighted by atomic mass is 16.5. The average Bonchev–Trinajstić information content (AvgIpc) is 3.13. The first-order chi connectivity index (χ1) is 25.5. The van der Waals surface area contributed by atoms with Crippen molar-refractivity contribution in [2.45, 2.75) is 264 Å². The normalized spacial score (nSPS) is 13.4. The van der Waals surface area contributed by atoms with Crippen molar-refractivity contribution in [3.05, 3.63) is 12.2 Å². The van der Waals surface area contributed by atoms with Crippen LogP contribution in [0.4, 0.5) is 0 Å². The number of unbranched alkanes of at least 4 members (excludes halogenated alkanes) is 27. The first-order valence-electron chi connectivity index (χ1n) is 22.9. The molecular formula is C46H89NO5. The highest BCUT2D eigenvalue weighted by Gasteiger charge is 2.24. The van der Waals surface area contributed by atoms with Crippen molar-refractivity contribution in [2.24, 2.45) is 0 Å². The van der Waals surface area contributed by atoms with Crippen molar-refractivity contribution in [1.29, 1.82) is 0 Å². The third kappa shape index (κ3) is 35.6. The number of nitrogens with one attached hydrogen (secondary N) is 1. The molecule has 0 spiro atoms. The lowest BCUT2D eigenvalue weighted by Gasteiger charge is -2.24. The molecule has 52 heavy (non-hydrogen) atoms. The van der Waals surface area contributed by atoms with E-state index in [9.17, 15) is 19.8 Å². The molecule has 0 aliphatic rings. The SMILES string of the molecule is CCCCC/C=C\CCCCCCCC(=O)OC(CCCCCCCCC)CC(=O)NC(CO)C(O)CCCCCCCCCCCCCCCC. The number of rotatable bonds is 41. The van der Waals surface area contributed by atoms with Crippen LogP contribution in [0.1, 0.15) is 245 Å². The maximum atomic E-state index is 13.1. The summed E-state index contributed by atoms with van der Waals surface area (Å²) in [5, 5.41) is 23.6. The number of hydrogen-bond donors (Lipinski definition) is 3. The van der Waals surface area contributed by atoms with Gasteiger partial charge in [-0.05, 0) is 51.4 Å². The molecule has 0 aliphatic carbocycles. The minimum atomic E-state index is -0.780. The molecule has 308 valence electrons. The van der Waals surface area contributed by atoms with E-state index in [1.165, 1.54) is 148 Å². The van der Waals surface area contributed by atoms with Crippen molar-refractivity contribution in [3.8, 4) is 0 Å². The van der Waals surface area contributed by atoms with Crippen LogP contribution in [-0.4, -0.2) is 46.9 Å². The van der Waals surface area contributed by atoms with E-state index in [4.69, 9.17) is 4.74 Å². The number of carbonyl (C=O) groups excluding carboxylic acids is 2. The summed E-state index contributed by atoms with van der Waals surface area (Å²) in [4.78, 5) is 25.8. The summed E-state index contributed by atoms with van der Waals surface area (Å²) >= 11 is 0. The second kappa shape index (κ2) is 40.8. The topological polar surface area (TPSA) is 95.9 Å². The van der Waals surface area contributed by atoms with E-state index in [2.05, 4.69) is 38.2 Å². The van der Waals surface area contributed by atoms with Crippen LogP contribution in [0.2, 0.25) is 0 Å². The van der Waals surface area contributed by atoms with Crippen LogP contribution in [0.25, 0.3) is 0 Å². The highest BCUT2D eigenvalue weighted by Crippen LogP contribution is 2.18. The Bertz CT molecular complexity index is 787. The van der Waals surface area contributed by atoms with Gasteiger partial charge in [0.15, 0.2) is 0 Å². The van der Waals surface area contributed by atoms with Crippen molar-refractivity contribution < 1.29 is 24.5 Å². The minimum absolute atomic E-state index is 0.0790. The first-order valence-corrected chi connectivity index (χ1v) is 22.9. The molecule has 3 N–H and O–H groups in total. The number of aliphatic hydroxyl groups excluding tert-OH is 2. The van der Waals surface area contributed by atoms with E-state index >= 15 is 0 Å². The number of amides is 1. The van der Waals surface area contributed by atoms with Gasteiger partial charge in [-0.2, -0.15) is 0 Å². The van der Waals surface area contributed by atoms with Crippen LogP contribution in [-0.2, 0) is 14.3 Å². The summed E-state index contributed by atoms with van der Waals surface area (Å²) in [5.74, 6) is -0.480. The van der Waals surface area contributed by atoms with Crippen molar-refractivity contribution >= 4 is 11.9 Å². The molecule has 6 nitrogen and oxygen atoms in total. The van der Waals surface area contributed by atoms with E-state index in [0.717, 1.165) is 51.4 Å². The van der Waals surface area contributed by atoms with Gasteiger partial charge in [-0.1, -0.05) is 193 Å². The van der Waals surface area contributed by atoms with Crippen LogP contribution < -0.4 is 5.32 Å². The Morgan fingerprint density at radius 1 is 0.538 bits per heavy atom. The maximum absolute atomic E-state index is 13.1. The molecule has 3 unspecified atom stereocenters. The van der Waals surface area contributed by atoms with Gasteiger partial charge in [0.1, 0.15) is 6.10 Å². The van der Waals surface area contributed by atoms with E-state index in [1.807, 2.05) is 0 Å². The Morgan fingerprint density at radius 2 is 0.923 bits per heavy atom. The number of ether oxygens (including phenoxy) is 1. The molecule has 0 aromatic rings. The summed E-state index contributed by atoms with van der Waals surface area (Å²) in [6.07, 6.45) is 42.8. The van der Waals surface area contributed by atoms with Gasteiger partial charge in [0.25, 0.3) is 0 Å². The van der Waals surface area contributed by atoms with Gasteiger partial charge in [0.05, 0.1) is 25.2 Å². The van der Waals surface area contributed by atoms with Crippen LogP contribution in [0, 0.1) is 0 Å². The van der Waals surface area contributed by atoms with Gasteiger partial charge in [-0.3, -0.25) is 9.59 Å². The van der Waals surface area contributed by atoms with Gasteiger partial charge in [-0.25, -0.2) is 0 Å². The average molecular weight is 736 g/mol.